The van der Waals surface area contributed by atoms with Crippen molar-refractivity contribution in [3.63, 3.8) is 0 Å². The number of piperidine rings is 1. The Kier molecular flexibility index (Phi) is 7.65. The number of methoxy groups -OCH3 is 1. The SMILES string of the molecule is COc1ccccc1CCC(=O)N1CCC(NC(=O)c2cccc(OC(C)=O)c2)CC1. The van der Waals surface area contributed by atoms with Crippen LogP contribution in [-0.4, -0.2) is 48.9 Å². The third kappa shape index (κ3) is 6.31. The molecule has 1 N–H and O–H groups in total. The van der Waals surface area contributed by atoms with Crippen LogP contribution in [0.4, 0.5) is 0 Å². The summed E-state index contributed by atoms with van der Waals surface area (Å²) in [4.78, 5) is 38.1. The van der Waals surface area contributed by atoms with E-state index >= 15 is 0 Å². The molecule has 3 rings (SSSR count). The number of ether oxygens (including phenoxy) is 2. The molecular weight excluding hydrogens is 396 g/mol. The van der Waals surface area contributed by atoms with E-state index < -0.39 is 5.97 Å². The van der Waals surface area contributed by atoms with Crippen LogP contribution in [0.15, 0.2) is 48.5 Å². The first-order valence-corrected chi connectivity index (χ1v) is 10.5. The Balaban J connectivity index is 1.46. The summed E-state index contributed by atoms with van der Waals surface area (Å²) in [5, 5.41) is 3.01. The van der Waals surface area contributed by atoms with Gasteiger partial charge in [0.1, 0.15) is 11.5 Å². The molecule has 1 aliphatic rings. The number of carbonyl (C=O) groups excluding carboxylic acids is 3. The summed E-state index contributed by atoms with van der Waals surface area (Å²) in [6.07, 6.45) is 2.48. The highest BCUT2D eigenvalue weighted by Crippen LogP contribution is 2.20. The highest BCUT2D eigenvalue weighted by atomic mass is 16.5. The maximum Gasteiger partial charge on any atom is 0.308 e. The fourth-order valence-electron chi connectivity index (χ4n) is 3.72. The van der Waals surface area contributed by atoms with Gasteiger partial charge in [-0.2, -0.15) is 0 Å². The van der Waals surface area contributed by atoms with E-state index in [2.05, 4.69) is 5.32 Å². The molecule has 7 nitrogen and oxygen atoms in total. The number of nitrogens with zero attached hydrogens (tertiary/aromatic N) is 1. The topological polar surface area (TPSA) is 84.9 Å². The minimum atomic E-state index is -0.430. The van der Waals surface area contributed by atoms with E-state index in [1.807, 2.05) is 29.2 Å². The van der Waals surface area contributed by atoms with E-state index in [0.29, 0.717) is 50.1 Å². The number of carbonyl (C=O) groups is 3. The molecule has 0 bridgehead atoms. The fraction of sp³-hybridized carbons (Fsp3) is 0.375. The lowest BCUT2D eigenvalue weighted by Gasteiger charge is -2.32. The van der Waals surface area contributed by atoms with Crippen LogP contribution in [0.1, 0.15) is 42.1 Å². The number of hydrogen-bond donors (Lipinski definition) is 1. The molecule has 1 aliphatic heterocycles. The normalized spacial score (nSPS) is 14.1. The average molecular weight is 424 g/mol. The lowest BCUT2D eigenvalue weighted by molar-refractivity contribution is -0.133. The molecule has 31 heavy (non-hydrogen) atoms. The second-order valence-corrected chi connectivity index (χ2v) is 7.56. The molecule has 7 heteroatoms. The summed E-state index contributed by atoms with van der Waals surface area (Å²) in [6, 6.07) is 14.3. The summed E-state index contributed by atoms with van der Waals surface area (Å²) in [6.45, 7) is 2.55. The zero-order chi connectivity index (χ0) is 22.2. The van der Waals surface area contributed by atoms with Gasteiger partial charge in [0.25, 0.3) is 5.91 Å². The van der Waals surface area contributed by atoms with Crippen molar-refractivity contribution >= 4 is 17.8 Å². The van der Waals surface area contributed by atoms with Crippen molar-refractivity contribution in [1.29, 1.82) is 0 Å². The molecule has 0 saturated carbocycles. The van der Waals surface area contributed by atoms with Crippen LogP contribution in [0.3, 0.4) is 0 Å². The van der Waals surface area contributed by atoms with Crippen LogP contribution >= 0.6 is 0 Å². The molecule has 1 fully saturated rings. The molecule has 0 aliphatic carbocycles. The lowest BCUT2D eigenvalue weighted by Crippen LogP contribution is -2.46. The molecule has 2 aromatic rings. The van der Waals surface area contributed by atoms with E-state index in [9.17, 15) is 14.4 Å². The summed E-state index contributed by atoms with van der Waals surface area (Å²) in [5.74, 6) is 0.616. The molecule has 164 valence electrons. The molecule has 0 atom stereocenters. The van der Waals surface area contributed by atoms with Crippen molar-refractivity contribution in [3.8, 4) is 11.5 Å². The van der Waals surface area contributed by atoms with Crippen molar-refractivity contribution < 1.29 is 23.9 Å². The van der Waals surface area contributed by atoms with Crippen LogP contribution in [0.2, 0.25) is 0 Å². The first kappa shape index (κ1) is 22.3. The standard InChI is InChI=1S/C24H28N2O5/c1-17(27)31-21-8-5-7-19(16-21)24(29)25-20-12-14-26(15-13-20)23(28)11-10-18-6-3-4-9-22(18)30-2/h3-9,16,20H,10-15H2,1-2H3,(H,25,29). The monoisotopic (exact) mass is 424 g/mol. The van der Waals surface area contributed by atoms with E-state index in [4.69, 9.17) is 9.47 Å². The van der Waals surface area contributed by atoms with Crippen LogP contribution < -0.4 is 14.8 Å². The Morgan fingerprint density at radius 1 is 1.06 bits per heavy atom. The second-order valence-electron chi connectivity index (χ2n) is 7.56. The highest BCUT2D eigenvalue weighted by molar-refractivity contribution is 5.95. The van der Waals surface area contributed by atoms with Gasteiger partial charge in [-0.05, 0) is 49.1 Å². The zero-order valence-electron chi connectivity index (χ0n) is 17.9. The molecule has 2 aromatic carbocycles. The van der Waals surface area contributed by atoms with Gasteiger partial charge < -0.3 is 19.7 Å². The van der Waals surface area contributed by atoms with Gasteiger partial charge in [-0.1, -0.05) is 24.3 Å². The summed E-state index contributed by atoms with van der Waals surface area (Å²) >= 11 is 0. The van der Waals surface area contributed by atoms with Crippen molar-refractivity contribution in [1.82, 2.24) is 10.2 Å². The Hall–Kier alpha value is -3.35. The zero-order valence-corrected chi connectivity index (χ0v) is 17.9. The van der Waals surface area contributed by atoms with E-state index in [1.165, 1.54) is 6.92 Å². The van der Waals surface area contributed by atoms with Crippen molar-refractivity contribution in [3.05, 3.63) is 59.7 Å². The van der Waals surface area contributed by atoms with E-state index in [-0.39, 0.29) is 17.9 Å². The Morgan fingerprint density at radius 2 is 1.81 bits per heavy atom. The van der Waals surface area contributed by atoms with Gasteiger partial charge in [0, 0.05) is 38.0 Å². The number of aryl methyl sites for hydroxylation is 1. The second kappa shape index (κ2) is 10.6. The first-order valence-electron chi connectivity index (χ1n) is 10.5. The first-order chi connectivity index (χ1) is 15.0. The Bertz CT molecular complexity index is 935. The van der Waals surface area contributed by atoms with E-state index in [0.717, 1.165) is 11.3 Å². The number of rotatable bonds is 7. The Labute approximate surface area is 182 Å². The molecule has 1 saturated heterocycles. The van der Waals surface area contributed by atoms with E-state index in [1.54, 1.807) is 31.4 Å². The van der Waals surface area contributed by atoms with Gasteiger partial charge in [-0.3, -0.25) is 14.4 Å². The van der Waals surface area contributed by atoms with Crippen LogP contribution in [0.5, 0.6) is 11.5 Å². The van der Waals surface area contributed by atoms with Crippen molar-refractivity contribution in [2.45, 2.75) is 38.6 Å². The fourth-order valence-corrected chi connectivity index (χ4v) is 3.72. The average Bonchev–Trinajstić information content (AvgIpc) is 2.78. The summed E-state index contributed by atoms with van der Waals surface area (Å²) < 4.78 is 10.4. The smallest absolute Gasteiger partial charge is 0.308 e. The molecule has 0 aromatic heterocycles. The third-order valence-corrected chi connectivity index (χ3v) is 5.34. The minimum Gasteiger partial charge on any atom is -0.496 e. The number of benzene rings is 2. The molecule has 0 spiro atoms. The number of para-hydroxylation sites is 1. The van der Waals surface area contributed by atoms with Crippen LogP contribution in [0, 0.1) is 0 Å². The van der Waals surface area contributed by atoms with Gasteiger partial charge in [-0.15, -0.1) is 0 Å². The quantitative estimate of drug-likeness (QED) is 0.546. The van der Waals surface area contributed by atoms with Gasteiger partial charge in [0.05, 0.1) is 7.11 Å². The van der Waals surface area contributed by atoms with Gasteiger partial charge in [0.15, 0.2) is 0 Å². The molecule has 2 amide bonds. The molecule has 1 heterocycles. The van der Waals surface area contributed by atoms with Crippen molar-refractivity contribution in [2.24, 2.45) is 0 Å². The number of hydrogen-bond acceptors (Lipinski definition) is 5. The number of esters is 1. The maximum absolute atomic E-state index is 12.6. The number of likely N-dealkylation sites (tertiary alicyclic amines) is 1. The summed E-state index contributed by atoms with van der Waals surface area (Å²) in [7, 11) is 1.63. The number of nitrogens with one attached hydrogen (secondary N) is 1. The van der Waals surface area contributed by atoms with Crippen molar-refractivity contribution in [2.75, 3.05) is 20.2 Å². The molecular formula is C24H28N2O5. The lowest BCUT2D eigenvalue weighted by atomic mass is 10.0. The van der Waals surface area contributed by atoms with Crippen LogP contribution in [0.25, 0.3) is 0 Å². The van der Waals surface area contributed by atoms with Gasteiger partial charge in [0.2, 0.25) is 5.91 Å². The Morgan fingerprint density at radius 3 is 2.52 bits per heavy atom. The molecule has 0 radical (unpaired) electrons. The maximum atomic E-state index is 12.6. The largest absolute Gasteiger partial charge is 0.496 e. The summed E-state index contributed by atoms with van der Waals surface area (Å²) in [5.41, 5.74) is 1.46. The third-order valence-electron chi connectivity index (χ3n) is 5.34. The van der Waals surface area contributed by atoms with Gasteiger partial charge >= 0.3 is 5.97 Å². The predicted octanol–water partition coefficient (Wildman–Crippen LogP) is 2.97. The predicted molar refractivity (Wildman–Crippen MR) is 116 cm³/mol. The van der Waals surface area contributed by atoms with Gasteiger partial charge in [-0.25, -0.2) is 0 Å². The highest BCUT2D eigenvalue weighted by Gasteiger charge is 2.24. The number of amides is 2. The molecule has 0 unspecified atom stereocenters. The van der Waals surface area contributed by atoms with Crippen LogP contribution in [-0.2, 0) is 16.0 Å². The minimum absolute atomic E-state index is 0.00292.